The quantitative estimate of drug-likeness (QED) is 0.352. The first-order chi connectivity index (χ1) is 15.6. The van der Waals surface area contributed by atoms with E-state index >= 15 is 0 Å². The van der Waals surface area contributed by atoms with Crippen LogP contribution >= 0.6 is 0 Å². The van der Waals surface area contributed by atoms with Crippen molar-refractivity contribution in [3.63, 3.8) is 0 Å². The molecule has 5 rings (SSSR count). The Morgan fingerprint density at radius 1 is 1.09 bits per heavy atom. The van der Waals surface area contributed by atoms with Gasteiger partial charge in [0.25, 0.3) is 0 Å². The summed E-state index contributed by atoms with van der Waals surface area (Å²) in [7, 11) is -2.36. The number of hydrogen-bond acceptors (Lipinski definition) is 5. The number of nitrogens with one attached hydrogen (secondary N) is 1. The fourth-order valence-corrected chi connectivity index (χ4v) is 10.8. The predicted molar refractivity (Wildman–Crippen MR) is 115 cm³/mol. The molecule has 2 atom stereocenters. The molecule has 0 amide bonds. The summed E-state index contributed by atoms with van der Waals surface area (Å²) < 4.78 is 58.0. The number of sulfonamides is 1. The SMILES string of the molecule is CNS(=O)(=O)c1cccc([C@@]23C[I-]C[C@@H](c4cc(-c5c(F)cccc5F)nnc42)C3(C)C)n1. The van der Waals surface area contributed by atoms with Crippen molar-refractivity contribution in [2.45, 2.75) is 30.2 Å². The van der Waals surface area contributed by atoms with Crippen LogP contribution in [0.4, 0.5) is 8.78 Å². The standard InChI is InChI=1S/C23H22F2IN4O2S/c1-22(2)14-11-26-12-23(22,18-8-5-9-19(28-18)33(31,32)27-3)21-13(14)10-17(29-30-21)20-15(24)6-4-7-16(20)25/h4-10,14,27H,11-12H2,1-3H3/q-1/t14-,23-/m0/s1. The van der Waals surface area contributed by atoms with Crippen LogP contribution in [0.25, 0.3) is 11.3 Å². The molecular formula is C23H22F2IN4O2S-. The van der Waals surface area contributed by atoms with Gasteiger partial charge in [-0.2, -0.15) is 0 Å². The Balaban J connectivity index is 1.74. The second-order valence-corrected chi connectivity index (χ2v) is 13.4. The van der Waals surface area contributed by atoms with E-state index in [2.05, 4.69) is 33.8 Å². The fourth-order valence-electron chi connectivity index (χ4n) is 5.10. The second kappa shape index (κ2) is 7.74. The maximum absolute atomic E-state index is 14.5. The molecule has 6 nitrogen and oxygen atoms in total. The molecule has 1 fully saturated rings. The Labute approximate surface area is 201 Å². The summed E-state index contributed by atoms with van der Waals surface area (Å²) in [4.78, 5) is 4.59. The molecule has 1 N–H and O–H groups in total. The van der Waals surface area contributed by atoms with Crippen LogP contribution < -0.4 is 25.9 Å². The van der Waals surface area contributed by atoms with Crippen molar-refractivity contribution >= 4 is 10.0 Å². The van der Waals surface area contributed by atoms with Gasteiger partial charge in [0, 0.05) is 0 Å². The van der Waals surface area contributed by atoms with E-state index in [0.29, 0.717) is 5.69 Å². The first-order valence-corrected chi connectivity index (χ1v) is 14.9. The number of rotatable bonds is 4. The minimum absolute atomic E-state index is 0.0422. The van der Waals surface area contributed by atoms with E-state index in [1.807, 2.05) is 6.07 Å². The Kier molecular flexibility index (Phi) is 5.33. The van der Waals surface area contributed by atoms with Crippen molar-refractivity contribution in [1.82, 2.24) is 19.9 Å². The third kappa shape index (κ3) is 3.17. The van der Waals surface area contributed by atoms with E-state index in [-0.39, 0.29) is 48.8 Å². The zero-order chi connectivity index (χ0) is 23.6. The van der Waals surface area contributed by atoms with Gasteiger partial charge in [0.1, 0.15) is 0 Å². The number of fused-ring (bicyclic) bond motifs is 5. The third-order valence-electron chi connectivity index (χ3n) is 7.06. The number of pyridine rings is 1. The van der Waals surface area contributed by atoms with Crippen molar-refractivity contribution in [3.05, 3.63) is 71.1 Å². The monoisotopic (exact) mass is 583 g/mol. The van der Waals surface area contributed by atoms with Crippen LogP contribution in [0.15, 0.2) is 47.5 Å². The van der Waals surface area contributed by atoms with E-state index in [9.17, 15) is 17.2 Å². The molecule has 1 aromatic carbocycles. The molecular weight excluding hydrogens is 561 g/mol. The molecule has 0 saturated carbocycles. The Morgan fingerprint density at radius 2 is 1.79 bits per heavy atom. The number of halogens is 3. The summed E-state index contributed by atoms with van der Waals surface area (Å²) in [5.74, 6) is -1.25. The zero-order valence-electron chi connectivity index (χ0n) is 18.2. The van der Waals surface area contributed by atoms with Crippen LogP contribution in [-0.2, 0) is 15.4 Å². The summed E-state index contributed by atoms with van der Waals surface area (Å²) in [6.07, 6.45) is 0. The summed E-state index contributed by atoms with van der Waals surface area (Å²) in [5, 5.41) is 8.75. The summed E-state index contributed by atoms with van der Waals surface area (Å²) in [6.45, 7) is 4.29. The first kappa shape index (κ1) is 22.7. The number of benzene rings is 1. The van der Waals surface area contributed by atoms with Crippen LogP contribution in [0, 0.1) is 17.0 Å². The van der Waals surface area contributed by atoms with E-state index in [4.69, 9.17) is 0 Å². The number of nitrogens with zero attached hydrogens (tertiary/aromatic N) is 3. The molecule has 1 saturated heterocycles. The third-order valence-corrected chi connectivity index (χ3v) is 11.6. The average molecular weight is 583 g/mol. The number of alkyl halides is 2. The Bertz CT molecular complexity index is 1360. The van der Waals surface area contributed by atoms with Gasteiger partial charge < -0.3 is 0 Å². The van der Waals surface area contributed by atoms with E-state index in [0.717, 1.165) is 20.1 Å². The van der Waals surface area contributed by atoms with Gasteiger partial charge in [-0.05, 0) is 0 Å². The molecule has 2 bridgehead atoms. The summed E-state index contributed by atoms with van der Waals surface area (Å²) in [6, 6.07) is 10.5. The Morgan fingerprint density at radius 3 is 2.48 bits per heavy atom. The van der Waals surface area contributed by atoms with Crippen LogP contribution in [0.5, 0.6) is 0 Å². The molecule has 0 unspecified atom stereocenters. The minimum atomic E-state index is -3.72. The van der Waals surface area contributed by atoms with Crippen molar-refractivity contribution in [1.29, 1.82) is 0 Å². The average Bonchev–Trinajstić information content (AvgIpc) is 2.90. The van der Waals surface area contributed by atoms with Crippen molar-refractivity contribution < 1.29 is 38.4 Å². The van der Waals surface area contributed by atoms with E-state index in [1.54, 1.807) is 12.1 Å². The maximum atomic E-state index is 14.5. The van der Waals surface area contributed by atoms with Gasteiger partial charge in [0.05, 0.1) is 0 Å². The van der Waals surface area contributed by atoms with Gasteiger partial charge in [-0.25, -0.2) is 0 Å². The molecule has 0 spiro atoms. The summed E-state index contributed by atoms with van der Waals surface area (Å²) >= 11 is -0.228. The summed E-state index contributed by atoms with van der Waals surface area (Å²) in [5.41, 5.74) is 1.35. The molecule has 33 heavy (non-hydrogen) atoms. The van der Waals surface area contributed by atoms with E-state index in [1.165, 1.54) is 31.3 Å². The number of hydrogen-bond donors (Lipinski definition) is 1. The molecule has 10 heteroatoms. The molecule has 2 aliphatic rings. The van der Waals surface area contributed by atoms with Gasteiger partial charge in [0.2, 0.25) is 0 Å². The fraction of sp³-hybridized carbons (Fsp3) is 0.348. The van der Waals surface area contributed by atoms with Crippen LogP contribution in [-0.4, -0.2) is 39.5 Å². The zero-order valence-corrected chi connectivity index (χ0v) is 21.2. The van der Waals surface area contributed by atoms with Crippen LogP contribution in [0.1, 0.15) is 36.7 Å². The van der Waals surface area contributed by atoms with Crippen LogP contribution in [0.3, 0.4) is 0 Å². The molecule has 3 aromatic rings. The molecule has 0 radical (unpaired) electrons. The molecule has 1 aliphatic heterocycles. The molecule has 2 aromatic heterocycles. The van der Waals surface area contributed by atoms with Crippen LogP contribution in [0.2, 0.25) is 0 Å². The first-order valence-electron chi connectivity index (χ1n) is 10.4. The molecule has 1 aliphatic carbocycles. The molecule has 3 heterocycles. The van der Waals surface area contributed by atoms with Gasteiger partial charge >= 0.3 is 202 Å². The van der Waals surface area contributed by atoms with Gasteiger partial charge in [-0.1, -0.05) is 0 Å². The normalized spacial score (nSPS) is 23.6. The van der Waals surface area contributed by atoms with Gasteiger partial charge in [-0.3, -0.25) is 0 Å². The predicted octanol–water partition coefficient (Wildman–Crippen LogP) is 0.237. The molecule has 174 valence electrons. The number of aromatic nitrogens is 3. The van der Waals surface area contributed by atoms with Gasteiger partial charge in [0.15, 0.2) is 0 Å². The van der Waals surface area contributed by atoms with Crippen molar-refractivity contribution in [2.24, 2.45) is 5.41 Å². The topological polar surface area (TPSA) is 84.8 Å². The van der Waals surface area contributed by atoms with Crippen molar-refractivity contribution in [3.8, 4) is 11.3 Å². The van der Waals surface area contributed by atoms with Gasteiger partial charge in [-0.15, -0.1) is 0 Å². The van der Waals surface area contributed by atoms with E-state index < -0.39 is 27.1 Å². The second-order valence-electron chi connectivity index (χ2n) is 8.86. The van der Waals surface area contributed by atoms with Crippen molar-refractivity contribution in [2.75, 3.05) is 15.9 Å². The Hall–Kier alpha value is -2.05.